The van der Waals surface area contributed by atoms with Crippen LogP contribution in [0.15, 0.2) is 84.1 Å². The lowest BCUT2D eigenvalue weighted by atomic mass is 10.1. The number of thioether (sulfide) groups is 1. The van der Waals surface area contributed by atoms with E-state index in [2.05, 4.69) is 25.1 Å². The number of ether oxygens (including phenoxy) is 1. The van der Waals surface area contributed by atoms with Crippen LogP contribution in [0, 0.1) is 0 Å². The number of anilines is 1. The highest BCUT2D eigenvalue weighted by Crippen LogP contribution is 2.30. The van der Waals surface area contributed by atoms with Gasteiger partial charge in [0.15, 0.2) is 11.0 Å². The highest BCUT2D eigenvalue weighted by Gasteiger charge is 2.32. The number of halogens is 3. The Morgan fingerprint density at radius 3 is 2.52 bits per heavy atom. The van der Waals surface area contributed by atoms with Gasteiger partial charge in [0, 0.05) is 12.1 Å². The number of alkyl halides is 3. The predicted molar refractivity (Wildman–Crippen MR) is 154 cm³/mol. The number of benzene rings is 3. The van der Waals surface area contributed by atoms with Crippen LogP contribution in [-0.4, -0.2) is 50.5 Å². The molecule has 1 aromatic heterocycles. The van der Waals surface area contributed by atoms with Crippen LogP contribution in [0.1, 0.15) is 18.1 Å². The number of amidine groups is 1. The van der Waals surface area contributed by atoms with Gasteiger partial charge >= 0.3 is 12.4 Å². The maximum Gasteiger partial charge on any atom is 0.573 e. The summed E-state index contributed by atoms with van der Waals surface area (Å²) in [6, 6.07) is 19.9. The fourth-order valence-electron chi connectivity index (χ4n) is 4.29. The molecule has 2 heterocycles. The van der Waals surface area contributed by atoms with Gasteiger partial charge in [-0.15, -0.1) is 18.3 Å². The normalized spacial score (nSPS) is 14.4. The molecule has 216 valence electrons. The van der Waals surface area contributed by atoms with Crippen molar-refractivity contribution in [3.8, 4) is 22.8 Å². The molecule has 0 radical (unpaired) electrons. The molecular weight excluding hydrogens is 569 g/mol. The van der Waals surface area contributed by atoms with Gasteiger partial charge in [0.1, 0.15) is 12.1 Å². The van der Waals surface area contributed by atoms with E-state index in [1.54, 1.807) is 0 Å². The lowest BCUT2D eigenvalue weighted by Crippen LogP contribution is -2.32. The Bertz CT molecular complexity index is 1600. The number of rotatable bonds is 8. The first-order valence-corrected chi connectivity index (χ1v) is 14.0. The molecule has 9 nitrogen and oxygen atoms in total. The predicted octanol–water partition coefficient (Wildman–Crippen LogP) is 5.78. The van der Waals surface area contributed by atoms with Crippen molar-refractivity contribution in [1.82, 2.24) is 20.1 Å². The van der Waals surface area contributed by atoms with E-state index in [0.717, 1.165) is 28.8 Å². The maximum atomic E-state index is 12.5. The minimum Gasteiger partial charge on any atom is -0.406 e. The van der Waals surface area contributed by atoms with Gasteiger partial charge in [-0.1, -0.05) is 61.2 Å². The number of hydrogen-bond donors (Lipinski definition) is 1. The molecule has 3 aromatic carbocycles. The maximum absolute atomic E-state index is 12.5. The van der Waals surface area contributed by atoms with E-state index in [9.17, 15) is 22.8 Å². The third-order valence-electron chi connectivity index (χ3n) is 6.30. The summed E-state index contributed by atoms with van der Waals surface area (Å²) in [5.41, 5.74) is 3.99. The van der Waals surface area contributed by atoms with Gasteiger partial charge in [-0.05, 0) is 54.3 Å². The molecule has 1 saturated heterocycles. The molecule has 4 aromatic rings. The third-order valence-corrected chi connectivity index (χ3v) is 7.23. The monoisotopic (exact) mass is 594 g/mol. The topological polar surface area (TPSA) is 102 Å². The van der Waals surface area contributed by atoms with Crippen LogP contribution in [0.4, 0.5) is 23.7 Å². The summed E-state index contributed by atoms with van der Waals surface area (Å²) in [5, 5.41) is 7.55. The number of nitrogens with one attached hydrogen (secondary N) is 1. The van der Waals surface area contributed by atoms with E-state index in [1.807, 2.05) is 55.5 Å². The number of para-hydroxylation sites is 1. The second kappa shape index (κ2) is 12.5. The number of aliphatic imine (C=N–C) groups is 1. The molecule has 0 spiro atoms. The first-order chi connectivity index (χ1) is 20.2. The molecule has 0 saturated carbocycles. The number of urea groups is 1. The Kier molecular flexibility index (Phi) is 8.57. The Morgan fingerprint density at radius 1 is 1.07 bits per heavy atom. The highest BCUT2D eigenvalue weighted by molar-refractivity contribution is 8.15. The van der Waals surface area contributed by atoms with Crippen LogP contribution >= 0.6 is 11.8 Å². The number of nitrogens with zero attached hydrogens (tertiary/aromatic N) is 5. The van der Waals surface area contributed by atoms with Crippen molar-refractivity contribution in [3.05, 3.63) is 90.3 Å². The number of hydrogen-bond acceptors (Lipinski definition) is 6. The molecule has 3 amide bonds. The number of carbonyl (C=O) groups is 2. The van der Waals surface area contributed by atoms with Crippen LogP contribution in [0.25, 0.3) is 17.1 Å². The third kappa shape index (κ3) is 6.97. The fourth-order valence-corrected chi connectivity index (χ4v) is 5.15. The van der Waals surface area contributed by atoms with Crippen molar-refractivity contribution in [3.63, 3.8) is 0 Å². The van der Waals surface area contributed by atoms with Crippen LogP contribution in [0.3, 0.4) is 0 Å². The van der Waals surface area contributed by atoms with Crippen LogP contribution in [0.2, 0.25) is 0 Å². The van der Waals surface area contributed by atoms with E-state index < -0.39 is 12.4 Å². The average molecular weight is 595 g/mol. The van der Waals surface area contributed by atoms with Crippen LogP contribution in [0.5, 0.6) is 5.75 Å². The Labute approximate surface area is 243 Å². The van der Waals surface area contributed by atoms with Crippen molar-refractivity contribution in [1.29, 1.82) is 0 Å². The quantitative estimate of drug-likeness (QED) is 0.277. The van der Waals surface area contributed by atoms with Gasteiger partial charge < -0.3 is 10.1 Å². The number of amides is 3. The summed E-state index contributed by atoms with van der Waals surface area (Å²) >= 11 is 1.24. The summed E-state index contributed by atoms with van der Waals surface area (Å²) in [6.07, 6.45) is -1.98. The van der Waals surface area contributed by atoms with Crippen molar-refractivity contribution in [2.24, 2.45) is 4.99 Å². The number of aryl methyl sites for hydroxylation is 1. The molecule has 5 rings (SSSR count). The van der Waals surface area contributed by atoms with Gasteiger partial charge in [0.25, 0.3) is 0 Å². The van der Waals surface area contributed by atoms with Crippen LogP contribution < -0.4 is 15.0 Å². The molecule has 0 unspecified atom stereocenters. The number of carbonyl (C=O) groups excluding carboxylic acids is 2. The zero-order valence-electron chi connectivity index (χ0n) is 22.3. The lowest BCUT2D eigenvalue weighted by molar-refractivity contribution is -0.274. The van der Waals surface area contributed by atoms with Gasteiger partial charge in [0.05, 0.1) is 17.1 Å². The first kappa shape index (κ1) is 28.9. The van der Waals surface area contributed by atoms with E-state index in [0.29, 0.717) is 29.6 Å². The molecule has 1 N–H and O–H groups in total. The molecule has 0 atom stereocenters. The standard InChI is InChI=1S/C29H25F3N6O3S/c1-2-20-5-3-4-6-24(20)38-25(39)17-42-28(38)35-27(40)33-16-15-19-7-9-21(10-8-19)26-34-18-37(36-26)22-11-13-23(14-12-22)41-29(30,31)32/h3-14,18H,2,15-17H2,1H3,(H,33,40)/b35-28-. The smallest absolute Gasteiger partial charge is 0.406 e. The fraction of sp³-hybridized carbons (Fsp3) is 0.207. The molecule has 1 aliphatic heterocycles. The first-order valence-electron chi connectivity index (χ1n) is 13.0. The molecule has 0 bridgehead atoms. The Balaban J connectivity index is 1.16. The minimum atomic E-state index is -4.76. The van der Waals surface area contributed by atoms with Crippen molar-refractivity contribution in [2.45, 2.75) is 26.1 Å². The molecule has 1 fully saturated rings. The van der Waals surface area contributed by atoms with E-state index in [1.165, 1.54) is 51.9 Å². The van der Waals surface area contributed by atoms with Crippen molar-refractivity contribution >= 4 is 34.6 Å². The lowest BCUT2D eigenvalue weighted by Gasteiger charge is -2.19. The highest BCUT2D eigenvalue weighted by atomic mass is 32.2. The largest absolute Gasteiger partial charge is 0.573 e. The van der Waals surface area contributed by atoms with Gasteiger partial charge in [-0.25, -0.2) is 14.5 Å². The van der Waals surface area contributed by atoms with Gasteiger partial charge in [-0.3, -0.25) is 9.69 Å². The summed E-state index contributed by atoms with van der Waals surface area (Å²) < 4.78 is 42.5. The van der Waals surface area contributed by atoms with Crippen molar-refractivity contribution in [2.75, 3.05) is 17.2 Å². The van der Waals surface area contributed by atoms with Gasteiger partial charge in [0.2, 0.25) is 5.91 Å². The van der Waals surface area contributed by atoms with E-state index >= 15 is 0 Å². The van der Waals surface area contributed by atoms with Crippen molar-refractivity contribution < 1.29 is 27.5 Å². The van der Waals surface area contributed by atoms with Gasteiger partial charge in [-0.2, -0.15) is 4.99 Å². The summed E-state index contributed by atoms with van der Waals surface area (Å²) in [6.45, 7) is 2.36. The second-order valence-electron chi connectivity index (χ2n) is 9.13. The number of aromatic nitrogens is 3. The molecular formula is C29H25F3N6O3S. The molecule has 13 heteroatoms. The van der Waals surface area contributed by atoms with E-state index in [4.69, 9.17) is 0 Å². The zero-order chi connectivity index (χ0) is 29.7. The SMILES string of the molecule is CCc1ccccc1N1C(=O)CS/C1=N\C(=O)NCCc1ccc(-c2ncn(-c3ccc(OC(F)(F)F)cc3)n2)cc1. The summed E-state index contributed by atoms with van der Waals surface area (Å²) in [7, 11) is 0. The minimum absolute atomic E-state index is 0.111. The Hall–Kier alpha value is -4.65. The average Bonchev–Trinajstić information content (AvgIpc) is 3.60. The second-order valence-corrected chi connectivity index (χ2v) is 10.1. The molecule has 42 heavy (non-hydrogen) atoms. The zero-order valence-corrected chi connectivity index (χ0v) is 23.2. The van der Waals surface area contributed by atoms with Crippen LogP contribution in [-0.2, 0) is 17.6 Å². The summed E-state index contributed by atoms with van der Waals surface area (Å²) in [5.74, 6) is 0.241. The Morgan fingerprint density at radius 2 is 1.81 bits per heavy atom. The molecule has 1 aliphatic rings. The molecule has 0 aliphatic carbocycles. The summed E-state index contributed by atoms with van der Waals surface area (Å²) in [4.78, 5) is 35.0. The van der Waals surface area contributed by atoms with E-state index in [-0.39, 0.29) is 17.4 Å².